The van der Waals surface area contributed by atoms with Crippen LogP contribution in [-0.4, -0.2) is 74.3 Å². The van der Waals surface area contributed by atoms with Gasteiger partial charge in [0.1, 0.15) is 0 Å². The molecule has 28 heavy (non-hydrogen) atoms. The van der Waals surface area contributed by atoms with Gasteiger partial charge in [0.25, 0.3) is 0 Å². The fraction of sp³-hybridized carbons (Fsp3) is 0.600. The summed E-state index contributed by atoms with van der Waals surface area (Å²) in [6.45, 7) is 7.68. The predicted molar refractivity (Wildman–Crippen MR) is 111 cm³/mol. The zero-order chi connectivity index (χ0) is 19.6. The van der Waals surface area contributed by atoms with Crippen molar-refractivity contribution in [2.24, 2.45) is 10.7 Å². The number of ether oxygens (including phenoxy) is 1. The Morgan fingerprint density at radius 3 is 2.75 bits per heavy atom. The Kier molecular flexibility index (Phi) is 7.93. The fourth-order valence-corrected chi connectivity index (χ4v) is 3.45. The Balaban J connectivity index is 1.38. The average molecular weight is 389 g/mol. The summed E-state index contributed by atoms with van der Waals surface area (Å²) in [5.41, 5.74) is 7.78. The van der Waals surface area contributed by atoms with E-state index in [-0.39, 0.29) is 6.03 Å². The van der Waals surface area contributed by atoms with Crippen molar-refractivity contribution in [1.82, 2.24) is 15.1 Å². The van der Waals surface area contributed by atoms with Crippen molar-refractivity contribution in [2.45, 2.75) is 25.8 Å². The first-order valence-corrected chi connectivity index (χ1v) is 10.2. The molecule has 2 saturated heterocycles. The second kappa shape index (κ2) is 10.9. The molecule has 0 spiro atoms. The molecule has 2 fully saturated rings. The van der Waals surface area contributed by atoms with Crippen molar-refractivity contribution in [1.29, 1.82) is 0 Å². The monoisotopic (exact) mass is 388 g/mol. The van der Waals surface area contributed by atoms with E-state index in [1.807, 2.05) is 29.2 Å². The molecule has 0 aromatic heterocycles. The zero-order valence-corrected chi connectivity index (χ0v) is 16.5. The van der Waals surface area contributed by atoms with Gasteiger partial charge in [0.2, 0.25) is 0 Å². The molecule has 154 valence electrons. The minimum absolute atomic E-state index is 0.0281. The number of benzene rings is 1. The van der Waals surface area contributed by atoms with Crippen LogP contribution in [0.15, 0.2) is 29.3 Å². The van der Waals surface area contributed by atoms with E-state index < -0.39 is 0 Å². The van der Waals surface area contributed by atoms with Gasteiger partial charge < -0.3 is 26.0 Å². The Hall–Kier alpha value is -2.32. The maximum absolute atomic E-state index is 12.2. The van der Waals surface area contributed by atoms with Crippen LogP contribution >= 0.6 is 0 Å². The molecule has 1 aromatic carbocycles. The molecule has 2 aliphatic rings. The SMILES string of the molecule is NC(=NCc1cccc(NC(=O)N2CCCC2)c1)NCCCN1CCOCC1. The normalized spacial score (nSPS) is 18.3. The van der Waals surface area contributed by atoms with Crippen LogP contribution in [0.5, 0.6) is 0 Å². The van der Waals surface area contributed by atoms with Gasteiger partial charge in [-0.15, -0.1) is 0 Å². The molecule has 2 aliphatic heterocycles. The lowest BCUT2D eigenvalue weighted by atomic mass is 10.2. The van der Waals surface area contributed by atoms with Crippen LogP contribution in [0.1, 0.15) is 24.8 Å². The van der Waals surface area contributed by atoms with Crippen LogP contribution in [0.4, 0.5) is 10.5 Å². The smallest absolute Gasteiger partial charge is 0.321 e. The lowest BCUT2D eigenvalue weighted by molar-refractivity contribution is 0.0376. The van der Waals surface area contributed by atoms with Gasteiger partial charge in [0, 0.05) is 38.4 Å². The Morgan fingerprint density at radius 2 is 1.96 bits per heavy atom. The minimum Gasteiger partial charge on any atom is -0.379 e. The molecule has 2 heterocycles. The van der Waals surface area contributed by atoms with E-state index in [1.165, 1.54) is 0 Å². The summed E-state index contributed by atoms with van der Waals surface area (Å²) < 4.78 is 5.35. The summed E-state index contributed by atoms with van der Waals surface area (Å²) in [5.74, 6) is 0.452. The highest BCUT2D eigenvalue weighted by Crippen LogP contribution is 2.14. The first-order chi connectivity index (χ1) is 13.7. The van der Waals surface area contributed by atoms with Crippen molar-refractivity contribution >= 4 is 17.7 Å². The highest BCUT2D eigenvalue weighted by Gasteiger charge is 2.17. The Labute approximate surface area is 167 Å². The van der Waals surface area contributed by atoms with Gasteiger partial charge in [-0.25, -0.2) is 9.79 Å². The number of amides is 2. The van der Waals surface area contributed by atoms with Crippen LogP contribution < -0.4 is 16.4 Å². The summed E-state index contributed by atoms with van der Waals surface area (Å²) in [4.78, 5) is 20.9. The molecule has 1 aromatic rings. The lowest BCUT2D eigenvalue weighted by Crippen LogP contribution is -2.39. The highest BCUT2D eigenvalue weighted by atomic mass is 16.5. The number of guanidine groups is 1. The minimum atomic E-state index is -0.0281. The number of aliphatic imine (C=N–C) groups is 1. The van der Waals surface area contributed by atoms with Crippen molar-refractivity contribution in [3.05, 3.63) is 29.8 Å². The van der Waals surface area contributed by atoms with Crippen LogP contribution in [0.3, 0.4) is 0 Å². The third kappa shape index (κ3) is 6.69. The first-order valence-electron chi connectivity index (χ1n) is 10.2. The second-order valence-corrected chi connectivity index (χ2v) is 7.26. The van der Waals surface area contributed by atoms with E-state index in [1.54, 1.807) is 0 Å². The van der Waals surface area contributed by atoms with Crippen molar-refractivity contribution in [3.63, 3.8) is 0 Å². The number of carbonyl (C=O) groups excluding carboxylic acids is 1. The number of likely N-dealkylation sites (tertiary alicyclic amines) is 1. The third-order valence-corrected chi connectivity index (χ3v) is 5.06. The maximum Gasteiger partial charge on any atom is 0.321 e. The van der Waals surface area contributed by atoms with Gasteiger partial charge in [-0.05, 0) is 43.5 Å². The van der Waals surface area contributed by atoms with Gasteiger partial charge in [-0.3, -0.25) is 4.90 Å². The average Bonchev–Trinajstić information content (AvgIpc) is 3.26. The molecule has 3 rings (SSSR count). The summed E-state index contributed by atoms with van der Waals surface area (Å²) >= 11 is 0. The second-order valence-electron chi connectivity index (χ2n) is 7.26. The van der Waals surface area contributed by atoms with Crippen molar-refractivity contribution in [2.75, 3.05) is 57.8 Å². The lowest BCUT2D eigenvalue weighted by Gasteiger charge is -2.26. The van der Waals surface area contributed by atoms with Crippen LogP contribution in [-0.2, 0) is 11.3 Å². The van der Waals surface area contributed by atoms with Gasteiger partial charge in [-0.1, -0.05) is 12.1 Å². The summed E-state index contributed by atoms with van der Waals surface area (Å²) in [6, 6.07) is 7.73. The number of morpholine rings is 1. The number of nitrogens with one attached hydrogen (secondary N) is 2. The Morgan fingerprint density at radius 1 is 1.18 bits per heavy atom. The topological polar surface area (TPSA) is 95.2 Å². The molecule has 0 bridgehead atoms. The molecule has 0 aliphatic carbocycles. The van der Waals surface area contributed by atoms with E-state index in [0.29, 0.717) is 12.5 Å². The number of urea groups is 1. The van der Waals surface area contributed by atoms with E-state index in [4.69, 9.17) is 10.5 Å². The number of hydrogen-bond donors (Lipinski definition) is 3. The number of rotatable bonds is 7. The molecule has 0 saturated carbocycles. The molecular formula is C20H32N6O2. The largest absolute Gasteiger partial charge is 0.379 e. The van der Waals surface area contributed by atoms with Gasteiger partial charge >= 0.3 is 6.03 Å². The van der Waals surface area contributed by atoms with Gasteiger partial charge in [-0.2, -0.15) is 0 Å². The number of anilines is 1. The fourth-order valence-electron chi connectivity index (χ4n) is 3.45. The maximum atomic E-state index is 12.2. The van der Waals surface area contributed by atoms with E-state index in [2.05, 4.69) is 20.5 Å². The van der Waals surface area contributed by atoms with E-state index in [0.717, 1.165) is 83.0 Å². The quantitative estimate of drug-likeness (QED) is 0.373. The molecule has 0 radical (unpaired) electrons. The Bertz CT molecular complexity index is 654. The van der Waals surface area contributed by atoms with Gasteiger partial charge in [0.15, 0.2) is 5.96 Å². The molecule has 8 heteroatoms. The summed E-state index contributed by atoms with van der Waals surface area (Å²) in [6.07, 6.45) is 3.19. The number of nitrogens with zero attached hydrogens (tertiary/aromatic N) is 3. The zero-order valence-electron chi connectivity index (χ0n) is 16.5. The standard InChI is InChI=1S/C20H32N6O2/c21-19(22-7-4-8-25-11-13-28-14-12-25)23-16-17-5-3-6-18(15-17)24-20(27)26-9-1-2-10-26/h3,5-6,15H,1-2,4,7-14,16H2,(H,24,27)(H3,21,22,23). The molecule has 8 nitrogen and oxygen atoms in total. The van der Waals surface area contributed by atoms with E-state index >= 15 is 0 Å². The molecule has 4 N–H and O–H groups in total. The first kappa shape index (κ1) is 20.4. The molecular weight excluding hydrogens is 356 g/mol. The third-order valence-electron chi connectivity index (χ3n) is 5.06. The predicted octanol–water partition coefficient (Wildman–Crippen LogP) is 1.44. The molecule has 0 atom stereocenters. The van der Waals surface area contributed by atoms with Crippen LogP contribution in [0.2, 0.25) is 0 Å². The van der Waals surface area contributed by atoms with Crippen LogP contribution in [0, 0.1) is 0 Å². The number of carbonyl (C=O) groups is 1. The van der Waals surface area contributed by atoms with Crippen molar-refractivity contribution < 1.29 is 9.53 Å². The summed E-state index contributed by atoms with van der Waals surface area (Å²) in [5, 5.41) is 6.13. The molecule has 0 unspecified atom stereocenters. The van der Waals surface area contributed by atoms with Gasteiger partial charge in [0.05, 0.1) is 19.8 Å². The number of nitrogens with two attached hydrogens (primary N) is 1. The van der Waals surface area contributed by atoms with Crippen molar-refractivity contribution in [3.8, 4) is 0 Å². The highest BCUT2D eigenvalue weighted by molar-refractivity contribution is 5.89. The number of hydrogen-bond acceptors (Lipinski definition) is 4. The van der Waals surface area contributed by atoms with E-state index in [9.17, 15) is 4.79 Å². The summed E-state index contributed by atoms with van der Waals surface area (Å²) in [7, 11) is 0. The molecule has 2 amide bonds. The van der Waals surface area contributed by atoms with Crippen LogP contribution in [0.25, 0.3) is 0 Å².